The van der Waals surface area contributed by atoms with E-state index in [2.05, 4.69) is 5.10 Å². The van der Waals surface area contributed by atoms with Gasteiger partial charge in [0.2, 0.25) is 10.0 Å². The molecule has 1 aromatic heterocycles. The zero-order valence-electron chi connectivity index (χ0n) is 7.64. The van der Waals surface area contributed by atoms with E-state index >= 15 is 0 Å². The molecule has 0 saturated carbocycles. The van der Waals surface area contributed by atoms with E-state index in [0.717, 1.165) is 6.54 Å². The maximum Gasteiger partial charge on any atom is 0.215 e. The lowest BCUT2D eigenvalue weighted by Gasteiger charge is -2.04. The first-order valence-electron chi connectivity index (χ1n) is 3.99. The van der Waals surface area contributed by atoms with Gasteiger partial charge in [0.15, 0.2) is 0 Å². The van der Waals surface area contributed by atoms with E-state index in [1.807, 2.05) is 6.92 Å². The largest absolute Gasteiger partial charge is 0.273 e. The molecule has 13 heavy (non-hydrogen) atoms. The fourth-order valence-electron chi connectivity index (χ4n) is 0.952. The Morgan fingerprint density at radius 1 is 1.69 bits per heavy atom. The average molecular weight is 203 g/mol. The monoisotopic (exact) mass is 203 g/mol. The molecule has 0 amide bonds. The molecule has 6 heteroatoms. The highest BCUT2D eigenvalue weighted by Crippen LogP contribution is 2.17. The zero-order valence-corrected chi connectivity index (χ0v) is 8.45. The Bertz CT molecular complexity index is 382. The third-order valence-electron chi connectivity index (χ3n) is 1.94. The lowest BCUT2D eigenvalue weighted by atomic mass is 10.3. The van der Waals surface area contributed by atoms with E-state index in [0.29, 0.717) is 5.56 Å². The van der Waals surface area contributed by atoms with E-state index in [-0.39, 0.29) is 0 Å². The smallest absolute Gasteiger partial charge is 0.215 e. The molecule has 1 atom stereocenters. The van der Waals surface area contributed by atoms with Gasteiger partial charge in [-0.05, 0) is 13.8 Å². The van der Waals surface area contributed by atoms with Crippen LogP contribution in [0.15, 0.2) is 12.4 Å². The van der Waals surface area contributed by atoms with Gasteiger partial charge in [-0.3, -0.25) is 4.68 Å². The zero-order chi connectivity index (χ0) is 10.1. The van der Waals surface area contributed by atoms with Gasteiger partial charge >= 0.3 is 0 Å². The molecule has 1 heterocycles. The van der Waals surface area contributed by atoms with Gasteiger partial charge in [-0.25, -0.2) is 13.6 Å². The first-order valence-corrected chi connectivity index (χ1v) is 5.60. The van der Waals surface area contributed by atoms with Crippen LogP contribution in [0.1, 0.15) is 24.7 Å². The average Bonchev–Trinajstić information content (AvgIpc) is 2.48. The van der Waals surface area contributed by atoms with Gasteiger partial charge in [0.1, 0.15) is 5.25 Å². The molecule has 0 spiro atoms. The van der Waals surface area contributed by atoms with Crippen LogP contribution in [-0.2, 0) is 16.6 Å². The number of rotatable bonds is 3. The standard InChI is InChI=1S/C7H13N3O2S/c1-3-10-5-7(4-9-10)6(2)13(8,11)12/h4-6H,3H2,1-2H3,(H2,8,11,12). The Labute approximate surface area is 77.6 Å². The van der Waals surface area contributed by atoms with Crippen molar-refractivity contribution >= 4 is 10.0 Å². The number of aryl methyl sites for hydroxylation is 1. The van der Waals surface area contributed by atoms with E-state index in [9.17, 15) is 8.42 Å². The first-order chi connectivity index (χ1) is 5.95. The van der Waals surface area contributed by atoms with Crippen molar-refractivity contribution in [3.8, 4) is 0 Å². The molecule has 0 saturated heterocycles. The second-order valence-electron chi connectivity index (χ2n) is 2.86. The highest BCUT2D eigenvalue weighted by atomic mass is 32.2. The van der Waals surface area contributed by atoms with E-state index in [1.54, 1.807) is 17.8 Å². The highest BCUT2D eigenvalue weighted by molar-refractivity contribution is 7.89. The van der Waals surface area contributed by atoms with Gasteiger partial charge in [0, 0.05) is 18.3 Å². The number of nitrogens with two attached hydrogens (primary N) is 1. The maximum atomic E-state index is 11.0. The summed E-state index contributed by atoms with van der Waals surface area (Å²) in [6.07, 6.45) is 3.22. The number of hydrogen-bond donors (Lipinski definition) is 1. The van der Waals surface area contributed by atoms with Gasteiger partial charge in [-0.15, -0.1) is 0 Å². The van der Waals surface area contributed by atoms with E-state index in [1.165, 1.54) is 6.20 Å². The Hall–Kier alpha value is -0.880. The van der Waals surface area contributed by atoms with Crippen LogP contribution >= 0.6 is 0 Å². The Morgan fingerprint density at radius 2 is 2.31 bits per heavy atom. The van der Waals surface area contributed by atoms with Crippen molar-refractivity contribution in [1.82, 2.24) is 9.78 Å². The van der Waals surface area contributed by atoms with Crippen LogP contribution in [0.3, 0.4) is 0 Å². The van der Waals surface area contributed by atoms with E-state index < -0.39 is 15.3 Å². The van der Waals surface area contributed by atoms with Crippen LogP contribution in [0.25, 0.3) is 0 Å². The predicted molar refractivity (Wildman–Crippen MR) is 49.4 cm³/mol. The molecule has 0 aromatic carbocycles. The molecule has 0 fully saturated rings. The Kier molecular flexibility index (Phi) is 2.72. The molecule has 5 nitrogen and oxygen atoms in total. The molecular formula is C7H13N3O2S. The van der Waals surface area contributed by atoms with Crippen LogP contribution in [0.4, 0.5) is 0 Å². The van der Waals surface area contributed by atoms with Crippen molar-refractivity contribution in [2.75, 3.05) is 0 Å². The molecule has 1 unspecified atom stereocenters. The van der Waals surface area contributed by atoms with Crippen molar-refractivity contribution in [3.63, 3.8) is 0 Å². The molecule has 1 aromatic rings. The molecule has 2 N–H and O–H groups in total. The van der Waals surface area contributed by atoms with Gasteiger partial charge in [0.25, 0.3) is 0 Å². The van der Waals surface area contributed by atoms with Crippen LogP contribution < -0.4 is 5.14 Å². The molecule has 0 radical (unpaired) electrons. The van der Waals surface area contributed by atoms with Crippen molar-refractivity contribution in [2.24, 2.45) is 5.14 Å². The number of sulfonamides is 1. The fraction of sp³-hybridized carbons (Fsp3) is 0.571. The third kappa shape index (κ3) is 2.28. The summed E-state index contributed by atoms with van der Waals surface area (Å²) in [7, 11) is -3.50. The summed E-state index contributed by atoms with van der Waals surface area (Å²) in [5.41, 5.74) is 0.629. The Morgan fingerprint density at radius 3 is 2.69 bits per heavy atom. The summed E-state index contributed by atoms with van der Waals surface area (Å²) in [6, 6.07) is 0. The SMILES string of the molecule is CCn1cc(C(C)S(N)(=O)=O)cn1. The van der Waals surface area contributed by atoms with Crippen LogP contribution in [0, 0.1) is 0 Å². The molecular weight excluding hydrogens is 190 g/mol. The summed E-state index contributed by atoms with van der Waals surface area (Å²) in [6.45, 7) is 4.20. The Balaban J connectivity index is 2.96. The molecule has 0 aliphatic heterocycles. The molecule has 0 aliphatic carbocycles. The summed E-state index contributed by atoms with van der Waals surface area (Å²) in [5, 5.41) is 8.28. The molecule has 74 valence electrons. The topological polar surface area (TPSA) is 78.0 Å². The minimum atomic E-state index is -3.50. The number of primary sulfonamides is 1. The third-order valence-corrected chi connectivity index (χ3v) is 3.20. The molecule has 0 aliphatic rings. The molecule has 1 rings (SSSR count). The summed E-state index contributed by atoms with van der Waals surface area (Å²) < 4.78 is 23.6. The predicted octanol–water partition coefficient (Wildman–Crippen LogP) is 0.253. The minimum absolute atomic E-state index is 0.629. The first kappa shape index (κ1) is 10.2. The van der Waals surface area contributed by atoms with Crippen LogP contribution in [-0.4, -0.2) is 18.2 Å². The second kappa shape index (κ2) is 3.47. The van der Waals surface area contributed by atoms with Crippen molar-refractivity contribution in [3.05, 3.63) is 18.0 Å². The molecule has 0 bridgehead atoms. The maximum absolute atomic E-state index is 11.0. The van der Waals surface area contributed by atoms with Crippen molar-refractivity contribution in [2.45, 2.75) is 25.6 Å². The lowest BCUT2D eigenvalue weighted by Crippen LogP contribution is -2.18. The summed E-state index contributed by atoms with van der Waals surface area (Å²) in [5.74, 6) is 0. The van der Waals surface area contributed by atoms with Gasteiger partial charge in [0.05, 0.1) is 6.20 Å². The number of hydrogen-bond acceptors (Lipinski definition) is 3. The minimum Gasteiger partial charge on any atom is -0.273 e. The fourth-order valence-corrected chi connectivity index (χ4v) is 1.45. The number of nitrogens with zero attached hydrogens (tertiary/aromatic N) is 2. The summed E-state index contributed by atoms with van der Waals surface area (Å²) in [4.78, 5) is 0. The van der Waals surface area contributed by atoms with Gasteiger partial charge in [-0.1, -0.05) is 0 Å². The number of aromatic nitrogens is 2. The van der Waals surface area contributed by atoms with E-state index in [4.69, 9.17) is 5.14 Å². The van der Waals surface area contributed by atoms with Crippen molar-refractivity contribution in [1.29, 1.82) is 0 Å². The van der Waals surface area contributed by atoms with Gasteiger partial charge in [-0.2, -0.15) is 5.10 Å². The second-order valence-corrected chi connectivity index (χ2v) is 4.75. The van der Waals surface area contributed by atoms with Crippen LogP contribution in [0.5, 0.6) is 0 Å². The van der Waals surface area contributed by atoms with Crippen LogP contribution in [0.2, 0.25) is 0 Å². The quantitative estimate of drug-likeness (QED) is 0.765. The van der Waals surface area contributed by atoms with Crippen molar-refractivity contribution < 1.29 is 8.42 Å². The normalized spacial score (nSPS) is 14.4. The lowest BCUT2D eigenvalue weighted by molar-refractivity contribution is 0.587. The summed E-state index contributed by atoms with van der Waals surface area (Å²) >= 11 is 0. The highest BCUT2D eigenvalue weighted by Gasteiger charge is 2.19. The van der Waals surface area contributed by atoms with Gasteiger partial charge < -0.3 is 0 Å².